The number of aliphatic hydroxyl groups is 1. The molecular formula is C10H12NO. The maximum atomic E-state index is 9.04. The first-order chi connectivity index (χ1) is 5.83. The fourth-order valence-corrected chi connectivity index (χ4v) is 0.823. The van der Waals surface area contributed by atoms with E-state index in [9.17, 15) is 0 Å². The quantitative estimate of drug-likeness (QED) is 0.710. The lowest BCUT2D eigenvalue weighted by molar-refractivity contribution is 0.306. The van der Waals surface area contributed by atoms with Crippen molar-refractivity contribution in [1.29, 1.82) is 0 Å². The van der Waals surface area contributed by atoms with Crippen LogP contribution in [0.15, 0.2) is 36.4 Å². The first-order valence-electron chi connectivity index (χ1n) is 3.79. The van der Waals surface area contributed by atoms with Gasteiger partial charge in [-0.2, -0.15) is 0 Å². The molecular weight excluding hydrogens is 150 g/mol. The van der Waals surface area contributed by atoms with Crippen molar-refractivity contribution < 1.29 is 5.11 Å². The average molecular weight is 162 g/mol. The van der Waals surface area contributed by atoms with Crippen LogP contribution in [0.2, 0.25) is 0 Å². The maximum absolute atomic E-state index is 9.04. The predicted octanol–water partition coefficient (Wildman–Crippen LogP) is 1.78. The molecule has 2 heteroatoms. The van der Waals surface area contributed by atoms with E-state index in [1.807, 2.05) is 36.4 Å². The lowest BCUT2D eigenvalue weighted by Gasteiger charge is -1.98. The molecule has 1 radical (unpaired) electrons. The minimum Gasteiger partial charge on any atom is -0.368 e. The van der Waals surface area contributed by atoms with E-state index in [-0.39, 0.29) is 6.23 Å². The van der Waals surface area contributed by atoms with Crippen LogP contribution in [-0.2, 0) is 0 Å². The summed E-state index contributed by atoms with van der Waals surface area (Å²) in [5, 5.41) is 11.7. The molecule has 12 heavy (non-hydrogen) atoms. The molecule has 0 unspecified atom stereocenters. The summed E-state index contributed by atoms with van der Waals surface area (Å²) >= 11 is 0. The third-order valence-corrected chi connectivity index (χ3v) is 1.49. The molecule has 0 aromatic heterocycles. The van der Waals surface area contributed by atoms with E-state index < -0.39 is 0 Å². The van der Waals surface area contributed by atoms with Crippen molar-refractivity contribution in [3.8, 4) is 0 Å². The van der Waals surface area contributed by atoms with Gasteiger partial charge in [-0.05, 0) is 18.7 Å². The second kappa shape index (κ2) is 4.70. The predicted molar refractivity (Wildman–Crippen MR) is 49.7 cm³/mol. The van der Waals surface area contributed by atoms with E-state index in [4.69, 9.17) is 5.11 Å². The Balaban J connectivity index is 2.58. The molecule has 0 bridgehead atoms. The second-order valence-electron chi connectivity index (χ2n) is 2.38. The Morgan fingerprint density at radius 2 is 2.00 bits per heavy atom. The molecule has 2 N–H and O–H groups in total. The molecule has 0 atom stereocenters. The zero-order valence-corrected chi connectivity index (χ0v) is 6.99. The van der Waals surface area contributed by atoms with E-state index in [2.05, 4.69) is 5.32 Å². The summed E-state index contributed by atoms with van der Waals surface area (Å²) in [6.07, 6.45) is 3.63. The van der Waals surface area contributed by atoms with Gasteiger partial charge in [0, 0.05) is 0 Å². The monoisotopic (exact) mass is 162 g/mol. The van der Waals surface area contributed by atoms with Crippen molar-refractivity contribution in [3.63, 3.8) is 0 Å². The van der Waals surface area contributed by atoms with Crippen molar-refractivity contribution in [2.45, 2.75) is 0 Å². The molecule has 1 aromatic carbocycles. The average Bonchev–Trinajstić information content (AvgIpc) is 2.16. The van der Waals surface area contributed by atoms with Gasteiger partial charge in [-0.25, -0.2) is 0 Å². The van der Waals surface area contributed by atoms with Crippen LogP contribution in [0.1, 0.15) is 5.56 Å². The Morgan fingerprint density at radius 1 is 1.33 bits per heavy atom. The molecule has 0 aliphatic carbocycles. The van der Waals surface area contributed by atoms with Crippen LogP contribution < -0.4 is 5.32 Å². The van der Waals surface area contributed by atoms with Gasteiger partial charge in [0.15, 0.2) is 6.23 Å². The Labute approximate surface area is 72.5 Å². The van der Waals surface area contributed by atoms with Gasteiger partial charge in [-0.15, -0.1) is 0 Å². The molecule has 0 fully saturated rings. The molecule has 0 aliphatic heterocycles. The number of hydrogen-bond donors (Lipinski definition) is 2. The highest BCUT2D eigenvalue weighted by Gasteiger charge is 1.92. The summed E-state index contributed by atoms with van der Waals surface area (Å²) in [6, 6.07) is 9.81. The third-order valence-electron chi connectivity index (χ3n) is 1.49. The van der Waals surface area contributed by atoms with E-state index in [1.54, 1.807) is 13.1 Å². The summed E-state index contributed by atoms with van der Waals surface area (Å²) in [5.74, 6) is 0. The molecule has 0 saturated carbocycles. The third kappa shape index (κ3) is 2.86. The first-order valence-corrected chi connectivity index (χ1v) is 3.79. The van der Waals surface area contributed by atoms with Crippen LogP contribution in [0.5, 0.6) is 0 Å². The van der Waals surface area contributed by atoms with E-state index in [0.717, 1.165) is 5.56 Å². The minimum atomic E-state index is 0.166. The number of rotatable bonds is 3. The van der Waals surface area contributed by atoms with Crippen LogP contribution in [0.3, 0.4) is 0 Å². The highest BCUT2D eigenvalue weighted by atomic mass is 16.3. The largest absolute Gasteiger partial charge is 0.368 e. The second-order valence-corrected chi connectivity index (χ2v) is 2.38. The van der Waals surface area contributed by atoms with Crippen molar-refractivity contribution in [1.82, 2.24) is 5.32 Å². The molecule has 0 saturated heterocycles. The van der Waals surface area contributed by atoms with Gasteiger partial charge in [0.25, 0.3) is 0 Å². The fraction of sp³-hybridized carbons (Fsp3) is 0.100. The SMILES string of the molecule is CN[C](O)C=Cc1ccccc1. The van der Waals surface area contributed by atoms with Crippen LogP contribution in [-0.4, -0.2) is 12.2 Å². The molecule has 2 nitrogen and oxygen atoms in total. The van der Waals surface area contributed by atoms with Gasteiger partial charge in [0.2, 0.25) is 0 Å². The maximum Gasteiger partial charge on any atom is 0.182 e. The Bertz CT molecular complexity index is 243. The summed E-state index contributed by atoms with van der Waals surface area (Å²) in [4.78, 5) is 0. The molecule has 1 rings (SSSR count). The molecule has 0 amide bonds. The summed E-state index contributed by atoms with van der Waals surface area (Å²) in [6.45, 7) is 0. The lowest BCUT2D eigenvalue weighted by Crippen LogP contribution is -2.11. The highest BCUT2D eigenvalue weighted by molar-refractivity contribution is 5.50. The number of aliphatic hydroxyl groups excluding tert-OH is 1. The Morgan fingerprint density at radius 3 is 2.58 bits per heavy atom. The topological polar surface area (TPSA) is 32.3 Å². The van der Waals surface area contributed by atoms with Crippen LogP contribution >= 0.6 is 0 Å². The number of hydrogen-bond acceptors (Lipinski definition) is 2. The highest BCUT2D eigenvalue weighted by Crippen LogP contribution is 2.02. The molecule has 0 aliphatic rings. The van der Waals surface area contributed by atoms with Crippen molar-refractivity contribution in [2.75, 3.05) is 7.05 Å². The van der Waals surface area contributed by atoms with Gasteiger partial charge in [-0.1, -0.05) is 36.4 Å². The van der Waals surface area contributed by atoms with E-state index in [1.165, 1.54) is 0 Å². The Kier molecular flexibility index (Phi) is 3.51. The van der Waals surface area contributed by atoms with Crippen LogP contribution in [0.4, 0.5) is 0 Å². The van der Waals surface area contributed by atoms with Gasteiger partial charge in [0.05, 0.1) is 0 Å². The summed E-state index contributed by atoms with van der Waals surface area (Å²) in [5.41, 5.74) is 1.07. The molecule has 0 heterocycles. The number of benzene rings is 1. The molecule has 0 spiro atoms. The normalized spacial score (nSPS) is 11.2. The van der Waals surface area contributed by atoms with Crippen molar-refractivity contribution in [3.05, 3.63) is 48.2 Å². The number of likely N-dealkylation sites (N-methyl/N-ethyl adjacent to an activating group) is 1. The smallest absolute Gasteiger partial charge is 0.182 e. The molecule has 63 valence electrons. The number of nitrogens with one attached hydrogen (secondary N) is 1. The standard InChI is InChI=1S/C10H12NO/c1-11-10(12)8-7-9-5-3-2-4-6-9/h2-8,11-12H,1H3. The van der Waals surface area contributed by atoms with Crippen molar-refractivity contribution in [2.24, 2.45) is 0 Å². The van der Waals surface area contributed by atoms with Gasteiger partial charge < -0.3 is 5.11 Å². The van der Waals surface area contributed by atoms with Gasteiger partial charge in [0.1, 0.15) is 0 Å². The molecule has 1 aromatic rings. The van der Waals surface area contributed by atoms with Gasteiger partial charge >= 0.3 is 0 Å². The summed E-state index contributed by atoms with van der Waals surface area (Å²) in [7, 11) is 1.67. The minimum absolute atomic E-state index is 0.166. The first kappa shape index (κ1) is 8.97. The lowest BCUT2D eigenvalue weighted by atomic mass is 10.2. The van der Waals surface area contributed by atoms with Crippen molar-refractivity contribution >= 4 is 6.08 Å². The zero-order chi connectivity index (χ0) is 8.81. The van der Waals surface area contributed by atoms with E-state index in [0.29, 0.717) is 0 Å². The van der Waals surface area contributed by atoms with E-state index >= 15 is 0 Å². The Hall–Kier alpha value is -1.12. The van der Waals surface area contributed by atoms with Crippen LogP contribution in [0, 0.1) is 6.23 Å². The van der Waals surface area contributed by atoms with Crippen LogP contribution in [0.25, 0.3) is 6.08 Å². The van der Waals surface area contributed by atoms with Gasteiger partial charge in [-0.3, -0.25) is 5.32 Å². The summed E-state index contributed by atoms with van der Waals surface area (Å²) < 4.78 is 0. The fourth-order valence-electron chi connectivity index (χ4n) is 0.823. The zero-order valence-electron chi connectivity index (χ0n) is 6.99.